The number of nitrogens with zero attached hydrogens (tertiary/aromatic N) is 2. The van der Waals surface area contributed by atoms with Gasteiger partial charge in [0.2, 0.25) is 0 Å². The molecule has 3 nitrogen and oxygen atoms in total. The van der Waals surface area contributed by atoms with Gasteiger partial charge in [0, 0.05) is 6.04 Å². The summed E-state index contributed by atoms with van der Waals surface area (Å²) in [6, 6.07) is 2.54. The average Bonchev–Trinajstić information content (AvgIpc) is 2.58. The number of aromatic nitrogens is 1. The summed E-state index contributed by atoms with van der Waals surface area (Å²) in [5.74, 6) is 0. The van der Waals surface area contributed by atoms with E-state index in [2.05, 4.69) is 29.6 Å². The highest BCUT2D eigenvalue weighted by Gasteiger charge is 2.28. The summed E-state index contributed by atoms with van der Waals surface area (Å²) < 4.78 is 4.01. The highest BCUT2D eigenvalue weighted by molar-refractivity contribution is 7.10. The first-order valence-corrected chi connectivity index (χ1v) is 6.99. The Kier molecular flexibility index (Phi) is 3.60. The van der Waals surface area contributed by atoms with Crippen molar-refractivity contribution in [2.45, 2.75) is 45.6 Å². The second-order valence-corrected chi connectivity index (χ2v) is 6.52. The van der Waals surface area contributed by atoms with Crippen molar-refractivity contribution >= 4 is 28.1 Å². The molecule has 92 valence electrons. The zero-order chi connectivity index (χ0) is 12.5. The Morgan fingerprint density at radius 2 is 2.35 bits per heavy atom. The molecule has 1 atom stereocenters. The third-order valence-electron chi connectivity index (χ3n) is 3.30. The summed E-state index contributed by atoms with van der Waals surface area (Å²) in [4.78, 5) is 0. The normalized spacial score (nSPS) is 23.1. The van der Waals surface area contributed by atoms with Crippen LogP contribution >= 0.6 is 23.1 Å². The molecule has 1 aromatic heterocycles. The van der Waals surface area contributed by atoms with Gasteiger partial charge in [0.05, 0.1) is 0 Å². The van der Waals surface area contributed by atoms with Gasteiger partial charge in [-0.2, -0.15) is 9.64 Å². The number of hydrogen-bond donors (Lipinski definition) is 1. The van der Waals surface area contributed by atoms with Crippen LogP contribution in [-0.4, -0.2) is 10.4 Å². The Bertz CT molecular complexity index is 447. The number of anilines is 1. The van der Waals surface area contributed by atoms with E-state index in [-0.39, 0.29) is 0 Å². The van der Waals surface area contributed by atoms with Gasteiger partial charge in [0.25, 0.3) is 0 Å². The quantitative estimate of drug-likeness (QED) is 0.881. The molecule has 5 heteroatoms. The molecule has 0 amide bonds. The van der Waals surface area contributed by atoms with Gasteiger partial charge >= 0.3 is 0 Å². The minimum Gasteiger partial charge on any atom is -0.372 e. The van der Waals surface area contributed by atoms with Crippen LogP contribution in [0.4, 0.5) is 5.00 Å². The van der Waals surface area contributed by atoms with Gasteiger partial charge in [-0.1, -0.05) is 31.9 Å². The number of halogens is 1. The van der Waals surface area contributed by atoms with Gasteiger partial charge in [-0.25, -0.2) is 0 Å². The lowest BCUT2D eigenvalue weighted by molar-refractivity contribution is 0.229. The van der Waals surface area contributed by atoms with Crippen molar-refractivity contribution in [1.29, 1.82) is 5.26 Å². The summed E-state index contributed by atoms with van der Waals surface area (Å²) in [7, 11) is 0. The average molecular weight is 270 g/mol. The molecule has 1 heterocycles. The lowest BCUT2D eigenvalue weighted by Crippen LogP contribution is -2.31. The van der Waals surface area contributed by atoms with Crippen molar-refractivity contribution in [2.75, 3.05) is 5.32 Å². The number of nitriles is 1. The fourth-order valence-corrected chi connectivity index (χ4v) is 3.48. The molecular formula is C12H16ClN3S. The van der Waals surface area contributed by atoms with Crippen LogP contribution in [0.1, 0.15) is 45.1 Å². The molecule has 1 N–H and O–H groups in total. The number of rotatable bonds is 2. The Morgan fingerprint density at radius 1 is 1.59 bits per heavy atom. The van der Waals surface area contributed by atoms with Gasteiger partial charge < -0.3 is 5.32 Å². The number of hydrogen-bond acceptors (Lipinski definition) is 4. The lowest BCUT2D eigenvalue weighted by atomic mass is 9.75. The van der Waals surface area contributed by atoms with Gasteiger partial charge in [0.1, 0.15) is 16.6 Å². The molecule has 1 unspecified atom stereocenters. The van der Waals surface area contributed by atoms with E-state index < -0.39 is 0 Å². The Balaban J connectivity index is 2.08. The van der Waals surface area contributed by atoms with E-state index in [1.54, 1.807) is 0 Å². The molecule has 1 aliphatic carbocycles. The number of nitrogens with one attached hydrogen (secondary N) is 1. The lowest BCUT2D eigenvalue weighted by Gasteiger charge is -2.35. The van der Waals surface area contributed by atoms with Gasteiger partial charge in [-0.15, -0.1) is 0 Å². The summed E-state index contributed by atoms with van der Waals surface area (Å²) in [5, 5.41) is 13.6. The molecule has 0 aromatic carbocycles. The molecule has 1 saturated carbocycles. The van der Waals surface area contributed by atoms with E-state index in [4.69, 9.17) is 16.9 Å². The predicted molar refractivity (Wildman–Crippen MR) is 71.5 cm³/mol. The Morgan fingerprint density at radius 3 is 3.00 bits per heavy atom. The van der Waals surface area contributed by atoms with E-state index >= 15 is 0 Å². The molecule has 0 aliphatic heterocycles. The third kappa shape index (κ3) is 2.91. The second-order valence-electron chi connectivity index (χ2n) is 5.39. The predicted octanol–water partition coefficient (Wildman–Crippen LogP) is 4.05. The molecule has 2 rings (SSSR count). The van der Waals surface area contributed by atoms with Crippen molar-refractivity contribution in [2.24, 2.45) is 5.41 Å². The zero-order valence-corrected chi connectivity index (χ0v) is 11.7. The summed E-state index contributed by atoms with van der Waals surface area (Å²) in [6.45, 7) is 4.59. The summed E-state index contributed by atoms with van der Waals surface area (Å²) in [6.07, 6.45) is 4.80. The minimum atomic E-state index is 0.315. The first kappa shape index (κ1) is 12.7. The van der Waals surface area contributed by atoms with E-state index in [9.17, 15) is 0 Å². The maximum absolute atomic E-state index is 9.01. The minimum absolute atomic E-state index is 0.315. The maximum atomic E-state index is 9.01. The standard InChI is InChI=1S/C12H16ClN3S/c1-12(2)5-3-4-8(6-12)15-11-9(7-14)10(13)16-17-11/h8,15H,3-6H2,1-2H3. The van der Waals surface area contributed by atoms with Gasteiger partial charge in [0.15, 0.2) is 5.15 Å². The first-order chi connectivity index (χ1) is 8.02. The van der Waals surface area contributed by atoms with E-state index in [0.717, 1.165) is 17.8 Å². The van der Waals surface area contributed by atoms with Gasteiger partial charge in [-0.3, -0.25) is 0 Å². The van der Waals surface area contributed by atoms with Crippen LogP contribution in [0.5, 0.6) is 0 Å². The molecule has 0 radical (unpaired) electrons. The van der Waals surface area contributed by atoms with Crippen LogP contribution in [-0.2, 0) is 0 Å². The SMILES string of the molecule is CC1(C)CCCC(Nc2snc(Cl)c2C#N)C1. The fourth-order valence-electron chi connectivity index (χ4n) is 2.47. The largest absolute Gasteiger partial charge is 0.372 e. The smallest absolute Gasteiger partial charge is 0.162 e. The third-order valence-corrected chi connectivity index (χ3v) is 4.45. The summed E-state index contributed by atoms with van der Waals surface area (Å²) in [5.41, 5.74) is 0.872. The van der Waals surface area contributed by atoms with Crippen LogP contribution in [0.3, 0.4) is 0 Å². The van der Waals surface area contributed by atoms with Crippen molar-refractivity contribution in [3.05, 3.63) is 10.7 Å². The topological polar surface area (TPSA) is 48.7 Å². The van der Waals surface area contributed by atoms with Gasteiger partial charge in [-0.05, 0) is 36.2 Å². The van der Waals surface area contributed by atoms with Crippen LogP contribution in [0.2, 0.25) is 5.15 Å². The van der Waals surface area contributed by atoms with Crippen molar-refractivity contribution in [3.63, 3.8) is 0 Å². The van der Waals surface area contributed by atoms with Crippen LogP contribution in [0, 0.1) is 16.7 Å². The van der Waals surface area contributed by atoms with E-state index in [0.29, 0.717) is 22.2 Å². The van der Waals surface area contributed by atoms with E-state index in [1.165, 1.54) is 24.4 Å². The zero-order valence-electron chi connectivity index (χ0n) is 10.1. The highest BCUT2D eigenvalue weighted by atomic mass is 35.5. The molecule has 1 fully saturated rings. The van der Waals surface area contributed by atoms with Crippen LogP contribution in [0.25, 0.3) is 0 Å². The fraction of sp³-hybridized carbons (Fsp3) is 0.667. The second kappa shape index (κ2) is 4.83. The molecule has 1 aromatic rings. The molecule has 1 aliphatic rings. The Hall–Kier alpha value is -0.790. The summed E-state index contributed by atoms with van der Waals surface area (Å²) >= 11 is 7.13. The first-order valence-electron chi connectivity index (χ1n) is 5.84. The monoisotopic (exact) mass is 269 g/mol. The molecule has 17 heavy (non-hydrogen) atoms. The van der Waals surface area contributed by atoms with Crippen LogP contribution < -0.4 is 5.32 Å². The van der Waals surface area contributed by atoms with Crippen molar-refractivity contribution in [3.8, 4) is 6.07 Å². The molecule has 0 saturated heterocycles. The maximum Gasteiger partial charge on any atom is 0.162 e. The Labute approximate surface area is 111 Å². The van der Waals surface area contributed by atoms with Crippen molar-refractivity contribution < 1.29 is 0 Å². The van der Waals surface area contributed by atoms with Crippen molar-refractivity contribution in [1.82, 2.24) is 4.37 Å². The highest BCUT2D eigenvalue weighted by Crippen LogP contribution is 2.38. The van der Waals surface area contributed by atoms with Crippen LogP contribution in [0.15, 0.2) is 0 Å². The molecular weight excluding hydrogens is 254 g/mol. The molecule has 0 bridgehead atoms. The van der Waals surface area contributed by atoms with E-state index in [1.807, 2.05) is 0 Å². The molecule has 0 spiro atoms.